The third-order valence-corrected chi connectivity index (χ3v) is 3.45. The molecule has 19 heavy (non-hydrogen) atoms. The van der Waals surface area contributed by atoms with Crippen LogP contribution in [0.5, 0.6) is 0 Å². The number of nitrogens with two attached hydrogens (primary N) is 1. The minimum Gasteiger partial charge on any atom is -0.385 e. The molecule has 1 aromatic rings. The fourth-order valence-corrected chi connectivity index (χ4v) is 2.22. The van der Waals surface area contributed by atoms with Crippen molar-refractivity contribution in [3.8, 4) is 0 Å². The number of benzene rings is 1. The Balaban J connectivity index is 2.15. The number of hydrogen-bond acceptors (Lipinski definition) is 4. The molecule has 0 aromatic heterocycles. The summed E-state index contributed by atoms with van der Waals surface area (Å²) in [5, 5.41) is 7.83. The highest BCUT2D eigenvalue weighted by Crippen LogP contribution is 2.36. The van der Waals surface area contributed by atoms with Gasteiger partial charge in [-0.1, -0.05) is 19.1 Å². The number of hydrogen-bond donors (Lipinski definition) is 1. The van der Waals surface area contributed by atoms with Crippen molar-refractivity contribution in [2.24, 2.45) is 21.9 Å². The number of halogens is 3. The standard InChI is InChI=1S/C12H12F3N3S/c1-7-6-10(17-18-11(7)16)8-2-4-9(5-3-8)19-12(13,14)15/h2-5,7H,6H2,1H3,(H2,16,18). The maximum absolute atomic E-state index is 12.2. The summed E-state index contributed by atoms with van der Waals surface area (Å²) in [7, 11) is 0. The van der Waals surface area contributed by atoms with E-state index >= 15 is 0 Å². The highest BCUT2D eigenvalue weighted by Gasteiger charge is 2.29. The summed E-state index contributed by atoms with van der Waals surface area (Å²) in [6, 6.07) is 6.11. The van der Waals surface area contributed by atoms with Gasteiger partial charge in [0.05, 0.1) is 5.71 Å². The Hall–Kier alpha value is -1.50. The predicted molar refractivity (Wildman–Crippen MR) is 70.3 cm³/mol. The monoisotopic (exact) mass is 287 g/mol. The van der Waals surface area contributed by atoms with Gasteiger partial charge in [-0.15, -0.1) is 5.10 Å². The number of nitrogens with zero attached hydrogens (tertiary/aromatic N) is 2. The second-order valence-corrected chi connectivity index (χ2v) is 5.39. The number of amidine groups is 1. The van der Waals surface area contributed by atoms with Crippen LogP contribution in [0.4, 0.5) is 13.2 Å². The number of alkyl halides is 3. The normalized spacial score (nSPS) is 19.9. The summed E-state index contributed by atoms with van der Waals surface area (Å²) in [4.78, 5) is 0.156. The second-order valence-electron chi connectivity index (χ2n) is 4.25. The van der Waals surface area contributed by atoms with Gasteiger partial charge in [-0.25, -0.2) is 0 Å². The van der Waals surface area contributed by atoms with Crippen molar-refractivity contribution in [2.75, 3.05) is 0 Å². The molecule has 1 aliphatic rings. The summed E-state index contributed by atoms with van der Waals surface area (Å²) in [5.41, 5.74) is 2.87. The van der Waals surface area contributed by atoms with Crippen LogP contribution in [-0.4, -0.2) is 17.1 Å². The first kappa shape index (κ1) is 13.9. The van der Waals surface area contributed by atoms with Gasteiger partial charge < -0.3 is 5.73 Å². The fourth-order valence-electron chi connectivity index (χ4n) is 1.68. The Kier molecular flexibility index (Phi) is 3.84. The molecular weight excluding hydrogens is 275 g/mol. The van der Waals surface area contributed by atoms with Crippen LogP contribution in [0.2, 0.25) is 0 Å². The van der Waals surface area contributed by atoms with Crippen molar-refractivity contribution in [2.45, 2.75) is 23.7 Å². The second kappa shape index (κ2) is 5.24. The van der Waals surface area contributed by atoms with E-state index in [1.54, 1.807) is 12.1 Å². The van der Waals surface area contributed by atoms with E-state index in [4.69, 9.17) is 5.73 Å². The van der Waals surface area contributed by atoms with Crippen LogP contribution in [0.25, 0.3) is 0 Å². The molecule has 0 radical (unpaired) electrons. The van der Waals surface area contributed by atoms with Crippen molar-refractivity contribution in [1.82, 2.24) is 0 Å². The van der Waals surface area contributed by atoms with Crippen molar-refractivity contribution >= 4 is 23.3 Å². The number of thioether (sulfide) groups is 1. The Bertz CT molecular complexity index is 520. The summed E-state index contributed by atoms with van der Waals surface area (Å²) in [5.74, 6) is 0.574. The van der Waals surface area contributed by atoms with Crippen molar-refractivity contribution in [3.63, 3.8) is 0 Å². The minimum atomic E-state index is -4.27. The molecule has 0 aliphatic carbocycles. The zero-order chi connectivity index (χ0) is 14.0. The van der Waals surface area contributed by atoms with Crippen LogP contribution in [0, 0.1) is 5.92 Å². The lowest BCUT2D eigenvalue weighted by Gasteiger charge is -2.16. The van der Waals surface area contributed by atoms with Gasteiger partial charge in [-0.3, -0.25) is 0 Å². The lowest BCUT2D eigenvalue weighted by molar-refractivity contribution is -0.0328. The van der Waals surface area contributed by atoms with E-state index in [9.17, 15) is 13.2 Å². The lowest BCUT2D eigenvalue weighted by atomic mass is 9.97. The Morgan fingerprint density at radius 2 is 1.84 bits per heavy atom. The molecule has 0 bridgehead atoms. The molecule has 2 rings (SSSR count). The van der Waals surface area contributed by atoms with Gasteiger partial charge in [0.2, 0.25) is 0 Å². The van der Waals surface area contributed by atoms with Crippen LogP contribution < -0.4 is 5.73 Å². The van der Waals surface area contributed by atoms with Crippen LogP contribution in [0.15, 0.2) is 39.4 Å². The van der Waals surface area contributed by atoms with Crippen LogP contribution in [0.3, 0.4) is 0 Å². The first-order valence-corrected chi connectivity index (χ1v) is 6.43. The van der Waals surface area contributed by atoms with Crippen LogP contribution >= 0.6 is 11.8 Å². The van der Waals surface area contributed by atoms with E-state index in [-0.39, 0.29) is 22.6 Å². The van der Waals surface area contributed by atoms with Crippen LogP contribution in [0.1, 0.15) is 18.9 Å². The average Bonchev–Trinajstić information content (AvgIpc) is 2.32. The van der Waals surface area contributed by atoms with E-state index in [2.05, 4.69) is 10.2 Å². The molecule has 1 heterocycles. The summed E-state index contributed by atoms with van der Waals surface area (Å²) in [6.45, 7) is 1.93. The molecule has 0 spiro atoms. The van der Waals surface area contributed by atoms with E-state index in [0.29, 0.717) is 12.3 Å². The third kappa shape index (κ3) is 3.73. The highest BCUT2D eigenvalue weighted by molar-refractivity contribution is 8.00. The zero-order valence-corrected chi connectivity index (χ0v) is 10.9. The molecule has 7 heteroatoms. The van der Waals surface area contributed by atoms with Gasteiger partial charge in [0.15, 0.2) is 0 Å². The van der Waals surface area contributed by atoms with Gasteiger partial charge in [-0.2, -0.15) is 18.3 Å². The van der Waals surface area contributed by atoms with E-state index in [1.165, 1.54) is 12.1 Å². The Labute approximate surface area is 112 Å². The number of rotatable bonds is 2. The largest absolute Gasteiger partial charge is 0.446 e. The third-order valence-electron chi connectivity index (χ3n) is 2.71. The Morgan fingerprint density at radius 3 is 2.37 bits per heavy atom. The maximum Gasteiger partial charge on any atom is 0.446 e. The van der Waals surface area contributed by atoms with E-state index < -0.39 is 5.51 Å². The average molecular weight is 287 g/mol. The van der Waals surface area contributed by atoms with Gasteiger partial charge >= 0.3 is 5.51 Å². The quantitative estimate of drug-likeness (QED) is 0.847. The van der Waals surface area contributed by atoms with Gasteiger partial charge in [0, 0.05) is 17.2 Å². The molecule has 0 amide bonds. The summed E-state index contributed by atoms with van der Waals surface area (Å²) < 4.78 is 36.6. The first-order chi connectivity index (χ1) is 8.85. The molecule has 102 valence electrons. The lowest BCUT2D eigenvalue weighted by Crippen LogP contribution is -2.26. The predicted octanol–water partition coefficient (Wildman–Crippen LogP) is 3.40. The topological polar surface area (TPSA) is 50.7 Å². The smallest absolute Gasteiger partial charge is 0.385 e. The van der Waals surface area contributed by atoms with Gasteiger partial charge in [-0.05, 0) is 29.5 Å². The SMILES string of the molecule is CC1CC(c2ccc(SC(F)(F)F)cc2)=NN=C1N. The highest BCUT2D eigenvalue weighted by atomic mass is 32.2. The molecule has 2 N–H and O–H groups in total. The fraction of sp³-hybridized carbons (Fsp3) is 0.333. The van der Waals surface area contributed by atoms with E-state index in [1.807, 2.05) is 6.92 Å². The molecule has 0 saturated carbocycles. The van der Waals surface area contributed by atoms with Gasteiger partial charge in [0.25, 0.3) is 0 Å². The molecule has 1 unspecified atom stereocenters. The van der Waals surface area contributed by atoms with Gasteiger partial charge in [0.1, 0.15) is 5.84 Å². The molecule has 0 saturated heterocycles. The first-order valence-electron chi connectivity index (χ1n) is 5.61. The summed E-state index contributed by atoms with van der Waals surface area (Å²) >= 11 is -0.130. The molecule has 1 atom stereocenters. The maximum atomic E-state index is 12.2. The molecule has 1 aliphatic heterocycles. The molecular formula is C12H12F3N3S. The molecule has 1 aromatic carbocycles. The van der Waals surface area contributed by atoms with E-state index in [0.717, 1.165) is 11.3 Å². The summed E-state index contributed by atoms with van der Waals surface area (Å²) in [6.07, 6.45) is 0.640. The molecule has 0 fully saturated rings. The minimum absolute atomic E-state index is 0.0942. The Morgan fingerprint density at radius 1 is 1.21 bits per heavy atom. The molecule has 3 nitrogen and oxygen atoms in total. The van der Waals surface area contributed by atoms with Crippen molar-refractivity contribution < 1.29 is 13.2 Å². The van der Waals surface area contributed by atoms with Crippen molar-refractivity contribution in [1.29, 1.82) is 0 Å². The van der Waals surface area contributed by atoms with Crippen molar-refractivity contribution in [3.05, 3.63) is 29.8 Å². The zero-order valence-electron chi connectivity index (χ0n) is 10.1. The van der Waals surface area contributed by atoms with Crippen LogP contribution in [-0.2, 0) is 0 Å².